The lowest BCUT2D eigenvalue weighted by Gasteiger charge is -2.17. The Balaban J connectivity index is 2.42. The first-order valence-electron chi connectivity index (χ1n) is 19.8. The molecule has 0 fully saturated rings. The maximum atomic E-state index is 3.75. The zero-order chi connectivity index (χ0) is 30.4. The van der Waals surface area contributed by atoms with Crippen LogP contribution in [0.15, 0.2) is 12.4 Å². The number of nitrogens with zero attached hydrogens (tertiary/aromatic N) is 1. The van der Waals surface area contributed by atoms with Crippen LogP contribution in [-0.2, 0) is 0 Å². The van der Waals surface area contributed by atoms with Crippen LogP contribution in [-0.4, -0.2) is 4.98 Å². The van der Waals surface area contributed by atoms with Gasteiger partial charge >= 0.3 is 0 Å². The smallest absolute Gasteiger partial charge is 0.247 e. The number of unbranched alkanes of at least 4 members (excludes halogenated alkanes) is 25. The number of hydrogen-bond donors (Lipinski definition) is 1. The van der Waals surface area contributed by atoms with E-state index in [1.807, 2.05) is 0 Å². The number of aromatic nitrogens is 2. The number of hydrogen-bond acceptors (Lipinski definition) is 0. The van der Waals surface area contributed by atoms with Crippen molar-refractivity contribution in [3.05, 3.63) is 18.2 Å². The summed E-state index contributed by atoms with van der Waals surface area (Å²) in [5, 5.41) is 0. The summed E-state index contributed by atoms with van der Waals surface area (Å²) in [5.41, 5.74) is 0. The first-order chi connectivity index (χ1) is 20.7. The second-order valence-electron chi connectivity index (χ2n) is 14.0. The molecule has 1 N–H and O–H groups in total. The van der Waals surface area contributed by atoms with Gasteiger partial charge < -0.3 is 0 Å². The van der Waals surface area contributed by atoms with Crippen molar-refractivity contribution in [3.8, 4) is 0 Å². The van der Waals surface area contributed by atoms with E-state index in [-0.39, 0.29) is 0 Å². The van der Waals surface area contributed by atoms with E-state index < -0.39 is 0 Å². The first-order valence-corrected chi connectivity index (χ1v) is 19.8. The van der Waals surface area contributed by atoms with Crippen molar-refractivity contribution in [3.63, 3.8) is 0 Å². The van der Waals surface area contributed by atoms with Gasteiger partial charge in [-0.25, -0.2) is 9.55 Å². The molecular formula is C40H79N2+. The molecule has 0 amide bonds. The summed E-state index contributed by atoms with van der Waals surface area (Å²) < 4.78 is 2.64. The minimum absolute atomic E-state index is 0.619. The summed E-state index contributed by atoms with van der Waals surface area (Å²) in [6.45, 7) is 9.42. The summed E-state index contributed by atoms with van der Waals surface area (Å²) in [5.74, 6) is 2.25. The molecule has 0 aliphatic carbocycles. The van der Waals surface area contributed by atoms with Gasteiger partial charge in [0, 0.05) is 0 Å². The molecule has 1 heterocycles. The van der Waals surface area contributed by atoms with Crippen molar-refractivity contribution >= 4 is 0 Å². The minimum Gasteiger partial charge on any atom is -0.247 e. The van der Waals surface area contributed by atoms with Gasteiger partial charge in [-0.1, -0.05) is 194 Å². The monoisotopic (exact) mass is 588 g/mol. The normalized spacial score (nSPS) is 13.1. The Morgan fingerprint density at radius 3 is 1.12 bits per heavy atom. The highest BCUT2D eigenvalue weighted by Crippen LogP contribution is 2.27. The van der Waals surface area contributed by atoms with Gasteiger partial charge in [-0.15, -0.1) is 0 Å². The second-order valence-corrected chi connectivity index (χ2v) is 14.0. The third kappa shape index (κ3) is 21.8. The molecule has 1 rings (SSSR count). The van der Waals surface area contributed by atoms with Crippen LogP contribution in [0, 0.1) is 0 Å². The van der Waals surface area contributed by atoms with Crippen LogP contribution in [0.3, 0.4) is 0 Å². The average molecular weight is 588 g/mol. The minimum atomic E-state index is 0.619. The summed E-state index contributed by atoms with van der Waals surface area (Å²) >= 11 is 0. The van der Waals surface area contributed by atoms with Gasteiger partial charge in [0.25, 0.3) is 5.82 Å². The molecule has 0 bridgehead atoms. The second kappa shape index (κ2) is 30.2. The van der Waals surface area contributed by atoms with Crippen LogP contribution < -0.4 is 4.57 Å². The maximum Gasteiger partial charge on any atom is 0.257 e. The van der Waals surface area contributed by atoms with Crippen LogP contribution in [0.5, 0.6) is 0 Å². The molecule has 42 heavy (non-hydrogen) atoms. The number of rotatable bonds is 33. The van der Waals surface area contributed by atoms with E-state index in [2.05, 4.69) is 49.6 Å². The molecule has 1 aromatic rings. The van der Waals surface area contributed by atoms with Gasteiger partial charge in [-0.05, 0) is 32.6 Å². The fraction of sp³-hybridized carbons (Fsp3) is 0.925. The number of imidazole rings is 1. The van der Waals surface area contributed by atoms with E-state index >= 15 is 0 Å². The Hall–Kier alpha value is -0.790. The molecule has 0 aliphatic rings. The molecular weight excluding hydrogens is 508 g/mol. The highest BCUT2D eigenvalue weighted by molar-refractivity contribution is 4.90. The van der Waals surface area contributed by atoms with Crippen molar-refractivity contribution in [2.75, 3.05) is 0 Å². The highest BCUT2D eigenvalue weighted by atomic mass is 15.1. The summed E-state index contributed by atoms with van der Waals surface area (Å²) in [6.07, 6.45) is 48.7. The zero-order valence-corrected chi connectivity index (χ0v) is 29.7. The Labute approximate surface area is 266 Å². The fourth-order valence-corrected chi connectivity index (χ4v) is 6.96. The molecule has 2 heteroatoms. The fourth-order valence-electron chi connectivity index (χ4n) is 6.96. The Bertz CT molecular complexity index is 650. The van der Waals surface area contributed by atoms with Gasteiger partial charge in [0.1, 0.15) is 12.4 Å². The van der Waals surface area contributed by atoms with Gasteiger partial charge in [-0.3, -0.25) is 0 Å². The molecule has 2 unspecified atom stereocenters. The van der Waals surface area contributed by atoms with Crippen LogP contribution >= 0.6 is 0 Å². The van der Waals surface area contributed by atoms with Gasteiger partial charge in [-0.2, -0.15) is 0 Å². The molecule has 2 nitrogen and oxygen atoms in total. The molecule has 0 spiro atoms. The molecule has 248 valence electrons. The zero-order valence-electron chi connectivity index (χ0n) is 29.7. The van der Waals surface area contributed by atoms with E-state index in [0.29, 0.717) is 12.0 Å². The predicted molar refractivity (Wildman–Crippen MR) is 189 cm³/mol. The summed E-state index contributed by atoms with van der Waals surface area (Å²) in [6, 6.07) is 0.619. The van der Waals surface area contributed by atoms with E-state index in [1.165, 1.54) is 205 Å². The molecule has 0 saturated heterocycles. The predicted octanol–water partition coefficient (Wildman–Crippen LogP) is 14.1. The van der Waals surface area contributed by atoms with E-state index in [0.717, 1.165) is 0 Å². The van der Waals surface area contributed by atoms with Crippen molar-refractivity contribution in [1.29, 1.82) is 0 Å². The third-order valence-electron chi connectivity index (χ3n) is 9.89. The van der Waals surface area contributed by atoms with E-state index in [4.69, 9.17) is 0 Å². The lowest BCUT2D eigenvalue weighted by atomic mass is 9.92. The number of aromatic amines is 1. The topological polar surface area (TPSA) is 19.7 Å². The molecule has 0 radical (unpaired) electrons. The summed E-state index contributed by atoms with van der Waals surface area (Å²) in [4.78, 5) is 3.75. The largest absolute Gasteiger partial charge is 0.257 e. The lowest BCUT2D eigenvalue weighted by Crippen LogP contribution is -2.41. The summed E-state index contributed by atoms with van der Waals surface area (Å²) in [7, 11) is 0. The third-order valence-corrected chi connectivity index (χ3v) is 9.89. The number of nitrogens with one attached hydrogen (secondary N) is 1. The van der Waals surface area contributed by atoms with Crippen LogP contribution in [0.4, 0.5) is 0 Å². The quantitative estimate of drug-likeness (QED) is 0.0623. The molecule has 0 aliphatic heterocycles. The van der Waals surface area contributed by atoms with E-state index in [9.17, 15) is 0 Å². The van der Waals surface area contributed by atoms with Gasteiger partial charge in [0.2, 0.25) is 0 Å². The molecule has 2 atom stereocenters. The van der Waals surface area contributed by atoms with Crippen molar-refractivity contribution in [2.45, 2.75) is 239 Å². The molecule has 0 aromatic carbocycles. The van der Waals surface area contributed by atoms with Crippen LogP contribution in [0.2, 0.25) is 0 Å². The number of H-pyrrole nitrogens is 1. The Morgan fingerprint density at radius 1 is 0.452 bits per heavy atom. The van der Waals surface area contributed by atoms with Gasteiger partial charge in [0.15, 0.2) is 0 Å². The SMILES string of the molecule is CCCCCCCCCCCCCC(C)[n+]1cc[nH]c1C(CCCCCCCCCC)CCCCCCCCCCC. The molecule has 1 aromatic heterocycles. The lowest BCUT2D eigenvalue weighted by molar-refractivity contribution is -0.727. The van der Waals surface area contributed by atoms with Crippen LogP contribution in [0.1, 0.15) is 245 Å². The first kappa shape index (κ1) is 39.2. The Kier molecular flexibility index (Phi) is 28.3. The highest BCUT2D eigenvalue weighted by Gasteiger charge is 2.25. The van der Waals surface area contributed by atoms with Crippen molar-refractivity contribution < 1.29 is 4.57 Å². The Morgan fingerprint density at radius 2 is 0.762 bits per heavy atom. The molecule has 0 saturated carbocycles. The maximum absolute atomic E-state index is 3.75. The van der Waals surface area contributed by atoms with Crippen molar-refractivity contribution in [1.82, 2.24) is 4.98 Å². The van der Waals surface area contributed by atoms with Crippen LogP contribution in [0.25, 0.3) is 0 Å². The van der Waals surface area contributed by atoms with Gasteiger partial charge in [0.05, 0.1) is 12.0 Å². The van der Waals surface area contributed by atoms with E-state index in [1.54, 1.807) is 0 Å². The standard InChI is InChI=1S/C40H78N2/c1-5-8-11-14-17-20-21-23-24-27-30-33-38(4)42-37-36-41-40(42)39(34-31-28-25-19-16-13-10-7-3)35-32-29-26-22-18-15-12-9-6-2/h36-39H,5-35H2,1-4H3/p+1. The average Bonchev–Trinajstić information content (AvgIpc) is 3.49. The van der Waals surface area contributed by atoms with Crippen molar-refractivity contribution in [2.24, 2.45) is 0 Å².